The molecule has 0 spiro atoms. The van der Waals surface area contributed by atoms with E-state index < -0.39 is 0 Å². The largest absolute Gasteiger partial charge is 0.325 e. The summed E-state index contributed by atoms with van der Waals surface area (Å²) < 4.78 is 0. The Balaban J connectivity index is 2.01. The standard InChI is InChI=1S/C18H29N/c1-14(2)10-16-8-5-9-18(19,12-16)13-17-7-4-6-15(3)11-17/h4,6-7,11,14,16H,5,8-10,12-13,19H2,1-3H3. The van der Waals surface area contributed by atoms with Crippen molar-refractivity contribution in [2.75, 3.05) is 0 Å². The fourth-order valence-corrected chi connectivity index (χ4v) is 3.78. The summed E-state index contributed by atoms with van der Waals surface area (Å²) in [5.41, 5.74) is 9.49. The minimum atomic E-state index is 0.0333. The SMILES string of the molecule is Cc1cccc(CC2(N)CCCC(CC(C)C)C2)c1. The summed E-state index contributed by atoms with van der Waals surface area (Å²) in [7, 11) is 0. The number of benzene rings is 1. The molecule has 1 nitrogen and oxygen atoms in total. The van der Waals surface area contributed by atoms with E-state index in [0.29, 0.717) is 0 Å². The van der Waals surface area contributed by atoms with Crippen molar-refractivity contribution in [2.45, 2.75) is 64.8 Å². The average molecular weight is 259 g/mol. The van der Waals surface area contributed by atoms with Gasteiger partial charge >= 0.3 is 0 Å². The van der Waals surface area contributed by atoms with Crippen molar-refractivity contribution in [3.63, 3.8) is 0 Å². The van der Waals surface area contributed by atoms with Crippen LogP contribution in [-0.4, -0.2) is 5.54 Å². The molecule has 0 aromatic heterocycles. The van der Waals surface area contributed by atoms with E-state index >= 15 is 0 Å². The maximum Gasteiger partial charge on any atom is 0.0197 e. The van der Waals surface area contributed by atoms with Gasteiger partial charge in [0.05, 0.1) is 0 Å². The average Bonchev–Trinajstić information content (AvgIpc) is 2.27. The lowest BCUT2D eigenvalue weighted by Gasteiger charge is -2.39. The van der Waals surface area contributed by atoms with Crippen LogP contribution in [0.3, 0.4) is 0 Å². The van der Waals surface area contributed by atoms with Gasteiger partial charge in [0.2, 0.25) is 0 Å². The van der Waals surface area contributed by atoms with Crippen LogP contribution in [-0.2, 0) is 6.42 Å². The van der Waals surface area contributed by atoms with E-state index in [1.165, 1.54) is 43.2 Å². The lowest BCUT2D eigenvalue weighted by molar-refractivity contribution is 0.200. The van der Waals surface area contributed by atoms with Gasteiger partial charge < -0.3 is 5.73 Å². The van der Waals surface area contributed by atoms with Gasteiger partial charge in [0, 0.05) is 5.54 Å². The summed E-state index contributed by atoms with van der Waals surface area (Å²) in [6, 6.07) is 8.84. The van der Waals surface area contributed by atoms with Gasteiger partial charge in [0.25, 0.3) is 0 Å². The number of aryl methyl sites for hydroxylation is 1. The molecule has 1 aliphatic rings. The molecule has 1 aromatic rings. The Bertz CT molecular complexity index is 410. The Morgan fingerprint density at radius 1 is 1.37 bits per heavy atom. The van der Waals surface area contributed by atoms with Gasteiger partial charge in [0.1, 0.15) is 0 Å². The van der Waals surface area contributed by atoms with Crippen molar-refractivity contribution in [3.05, 3.63) is 35.4 Å². The highest BCUT2D eigenvalue weighted by molar-refractivity contribution is 5.24. The Hall–Kier alpha value is -0.820. The Morgan fingerprint density at radius 3 is 2.84 bits per heavy atom. The van der Waals surface area contributed by atoms with Gasteiger partial charge in [-0.2, -0.15) is 0 Å². The van der Waals surface area contributed by atoms with E-state index in [-0.39, 0.29) is 5.54 Å². The molecule has 2 unspecified atom stereocenters. The molecule has 2 atom stereocenters. The maximum atomic E-state index is 6.71. The Labute approximate surface area is 118 Å². The Kier molecular flexibility index (Phi) is 4.67. The van der Waals surface area contributed by atoms with E-state index in [1.54, 1.807) is 0 Å². The highest BCUT2D eigenvalue weighted by atomic mass is 14.7. The zero-order chi connectivity index (χ0) is 13.9. The van der Waals surface area contributed by atoms with E-state index in [4.69, 9.17) is 5.73 Å². The summed E-state index contributed by atoms with van der Waals surface area (Å²) in [5.74, 6) is 1.63. The zero-order valence-electron chi connectivity index (χ0n) is 12.8. The summed E-state index contributed by atoms with van der Waals surface area (Å²) in [4.78, 5) is 0. The first-order valence-corrected chi connectivity index (χ1v) is 7.81. The van der Waals surface area contributed by atoms with Gasteiger partial charge in [-0.1, -0.05) is 56.5 Å². The van der Waals surface area contributed by atoms with Crippen molar-refractivity contribution >= 4 is 0 Å². The molecule has 1 heteroatoms. The van der Waals surface area contributed by atoms with Crippen molar-refractivity contribution in [3.8, 4) is 0 Å². The molecule has 0 heterocycles. The number of hydrogen-bond acceptors (Lipinski definition) is 1. The molecule has 0 amide bonds. The number of nitrogens with two attached hydrogens (primary N) is 1. The lowest BCUT2D eigenvalue weighted by Crippen LogP contribution is -2.46. The van der Waals surface area contributed by atoms with Gasteiger partial charge in [-0.15, -0.1) is 0 Å². The number of hydrogen-bond donors (Lipinski definition) is 1. The second kappa shape index (κ2) is 6.09. The topological polar surface area (TPSA) is 26.0 Å². The van der Waals surface area contributed by atoms with Crippen LogP contribution in [0.1, 0.15) is 57.1 Å². The van der Waals surface area contributed by atoms with Crippen LogP contribution in [0, 0.1) is 18.8 Å². The van der Waals surface area contributed by atoms with Crippen molar-refractivity contribution < 1.29 is 0 Å². The van der Waals surface area contributed by atoms with Crippen LogP contribution in [0.2, 0.25) is 0 Å². The van der Waals surface area contributed by atoms with Crippen LogP contribution in [0.15, 0.2) is 24.3 Å². The molecular weight excluding hydrogens is 230 g/mol. The van der Waals surface area contributed by atoms with E-state index in [1.807, 2.05) is 0 Å². The second-order valence-corrected chi connectivity index (χ2v) is 7.12. The molecule has 106 valence electrons. The quantitative estimate of drug-likeness (QED) is 0.848. The molecule has 1 aromatic carbocycles. The first kappa shape index (κ1) is 14.6. The summed E-state index contributed by atoms with van der Waals surface area (Å²) in [6.45, 7) is 6.82. The van der Waals surface area contributed by atoms with Crippen molar-refractivity contribution in [2.24, 2.45) is 17.6 Å². The summed E-state index contributed by atoms with van der Waals surface area (Å²) in [6.07, 6.45) is 7.47. The third-order valence-electron chi connectivity index (χ3n) is 4.43. The molecule has 0 aliphatic heterocycles. The molecule has 0 saturated heterocycles. The second-order valence-electron chi connectivity index (χ2n) is 7.12. The van der Waals surface area contributed by atoms with Crippen LogP contribution in [0.4, 0.5) is 0 Å². The molecule has 19 heavy (non-hydrogen) atoms. The van der Waals surface area contributed by atoms with Crippen LogP contribution < -0.4 is 5.73 Å². The van der Waals surface area contributed by atoms with Crippen LogP contribution >= 0.6 is 0 Å². The lowest BCUT2D eigenvalue weighted by atomic mass is 9.71. The molecule has 1 fully saturated rings. The minimum absolute atomic E-state index is 0.0333. The fraction of sp³-hybridized carbons (Fsp3) is 0.667. The monoisotopic (exact) mass is 259 g/mol. The molecule has 2 N–H and O–H groups in total. The molecule has 0 bridgehead atoms. The summed E-state index contributed by atoms with van der Waals surface area (Å²) in [5, 5.41) is 0. The third-order valence-corrected chi connectivity index (χ3v) is 4.43. The van der Waals surface area contributed by atoms with Crippen LogP contribution in [0.5, 0.6) is 0 Å². The third kappa shape index (κ3) is 4.35. The summed E-state index contributed by atoms with van der Waals surface area (Å²) >= 11 is 0. The van der Waals surface area contributed by atoms with Gasteiger partial charge in [-0.25, -0.2) is 0 Å². The van der Waals surface area contributed by atoms with Crippen molar-refractivity contribution in [1.29, 1.82) is 0 Å². The van der Waals surface area contributed by atoms with Gasteiger partial charge in [0.15, 0.2) is 0 Å². The molecule has 1 saturated carbocycles. The maximum absolute atomic E-state index is 6.71. The van der Waals surface area contributed by atoms with Gasteiger partial charge in [-0.05, 0) is 50.0 Å². The number of rotatable bonds is 4. The van der Waals surface area contributed by atoms with Crippen LogP contribution in [0.25, 0.3) is 0 Å². The minimum Gasteiger partial charge on any atom is -0.325 e. The molecule has 1 aliphatic carbocycles. The normalized spacial score (nSPS) is 27.7. The highest BCUT2D eigenvalue weighted by Gasteiger charge is 2.32. The zero-order valence-corrected chi connectivity index (χ0v) is 12.8. The van der Waals surface area contributed by atoms with E-state index in [2.05, 4.69) is 45.0 Å². The predicted molar refractivity (Wildman–Crippen MR) is 83.2 cm³/mol. The molecular formula is C18H29N. The highest BCUT2D eigenvalue weighted by Crippen LogP contribution is 2.36. The van der Waals surface area contributed by atoms with E-state index in [9.17, 15) is 0 Å². The first-order valence-electron chi connectivity index (χ1n) is 7.81. The molecule has 2 rings (SSSR count). The predicted octanol–water partition coefficient (Wildman–Crippen LogP) is 4.47. The first-order chi connectivity index (χ1) is 8.97. The van der Waals surface area contributed by atoms with E-state index in [0.717, 1.165) is 18.3 Å². The smallest absolute Gasteiger partial charge is 0.0197 e. The van der Waals surface area contributed by atoms with Gasteiger partial charge in [-0.3, -0.25) is 0 Å². The molecule has 0 radical (unpaired) electrons. The Morgan fingerprint density at radius 2 is 2.16 bits per heavy atom. The fourth-order valence-electron chi connectivity index (χ4n) is 3.78. The van der Waals surface area contributed by atoms with Crippen molar-refractivity contribution in [1.82, 2.24) is 0 Å².